The SMILES string of the molecule is CNCCN(C)C(=O)c1cc(Br)ccc1I.Cl. The molecule has 0 saturated heterocycles. The number of rotatable bonds is 4. The fraction of sp³-hybridized carbons (Fsp3) is 0.364. The van der Waals surface area contributed by atoms with Crippen molar-refractivity contribution in [3.8, 4) is 0 Å². The Morgan fingerprint density at radius 2 is 2.18 bits per heavy atom. The molecule has 1 aromatic carbocycles. The maximum absolute atomic E-state index is 12.1. The van der Waals surface area contributed by atoms with E-state index in [9.17, 15) is 4.79 Å². The number of halogens is 3. The quantitative estimate of drug-likeness (QED) is 0.741. The van der Waals surface area contributed by atoms with E-state index in [-0.39, 0.29) is 18.3 Å². The summed E-state index contributed by atoms with van der Waals surface area (Å²) < 4.78 is 1.90. The average molecular weight is 434 g/mol. The highest BCUT2D eigenvalue weighted by Crippen LogP contribution is 2.19. The number of nitrogens with zero attached hydrogens (tertiary/aromatic N) is 1. The minimum Gasteiger partial charge on any atom is -0.340 e. The van der Waals surface area contributed by atoms with Gasteiger partial charge >= 0.3 is 0 Å². The summed E-state index contributed by atoms with van der Waals surface area (Å²) in [5.41, 5.74) is 0.744. The van der Waals surface area contributed by atoms with Gasteiger partial charge in [-0.15, -0.1) is 12.4 Å². The van der Waals surface area contributed by atoms with E-state index in [1.165, 1.54) is 0 Å². The summed E-state index contributed by atoms with van der Waals surface area (Å²) in [7, 11) is 3.69. The molecular formula is C11H15BrClIN2O. The molecule has 0 aliphatic rings. The standard InChI is InChI=1S/C11H14BrIN2O.ClH/c1-14-5-6-15(2)11(16)9-7-8(12)3-4-10(9)13;/h3-4,7,14H,5-6H2,1-2H3;1H. The maximum atomic E-state index is 12.1. The number of carbonyl (C=O) groups is 1. The van der Waals surface area contributed by atoms with Crippen LogP contribution in [0.4, 0.5) is 0 Å². The molecular weight excluding hydrogens is 418 g/mol. The Kier molecular flexibility index (Phi) is 8.36. The van der Waals surface area contributed by atoms with Gasteiger partial charge in [0, 0.05) is 28.2 Å². The first-order valence-electron chi connectivity index (χ1n) is 4.91. The van der Waals surface area contributed by atoms with Crippen molar-refractivity contribution >= 4 is 56.8 Å². The summed E-state index contributed by atoms with van der Waals surface area (Å²) in [5.74, 6) is 0.0564. The van der Waals surface area contributed by atoms with E-state index in [0.29, 0.717) is 6.54 Å². The Morgan fingerprint density at radius 1 is 1.53 bits per heavy atom. The van der Waals surface area contributed by atoms with Crippen LogP contribution in [0.5, 0.6) is 0 Å². The van der Waals surface area contributed by atoms with E-state index in [1.807, 2.05) is 32.3 Å². The van der Waals surface area contributed by atoms with Crippen molar-refractivity contribution in [2.45, 2.75) is 0 Å². The van der Waals surface area contributed by atoms with Crippen LogP contribution in [0, 0.1) is 3.57 Å². The summed E-state index contributed by atoms with van der Waals surface area (Å²) in [4.78, 5) is 13.8. The molecule has 1 amide bonds. The second-order valence-electron chi connectivity index (χ2n) is 3.45. The lowest BCUT2D eigenvalue weighted by atomic mass is 10.2. The van der Waals surface area contributed by atoms with Gasteiger partial charge in [-0.3, -0.25) is 4.79 Å². The summed E-state index contributed by atoms with van der Waals surface area (Å²) in [6.07, 6.45) is 0. The van der Waals surface area contributed by atoms with Crippen LogP contribution in [-0.2, 0) is 0 Å². The Bertz CT molecular complexity index is 390. The second kappa shape index (κ2) is 8.29. The number of benzene rings is 1. The number of amides is 1. The smallest absolute Gasteiger partial charge is 0.254 e. The molecule has 0 saturated carbocycles. The van der Waals surface area contributed by atoms with E-state index in [1.54, 1.807) is 4.90 Å². The molecule has 0 unspecified atom stereocenters. The Labute approximate surface area is 130 Å². The molecule has 0 fully saturated rings. The molecule has 0 aliphatic heterocycles. The van der Waals surface area contributed by atoms with Crippen molar-refractivity contribution < 1.29 is 4.79 Å². The molecule has 6 heteroatoms. The molecule has 0 aromatic heterocycles. The first-order chi connectivity index (χ1) is 7.56. The van der Waals surface area contributed by atoms with Crippen LogP contribution in [0.1, 0.15) is 10.4 Å². The molecule has 1 rings (SSSR count). The summed E-state index contributed by atoms with van der Waals surface area (Å²) in [5, 5.41) is 3.03. The number of carbonyl (C=O) groups excluding carboxylic acids is 1. The van der Waals surface area contributed by atoms with Gasteiger partial charge in [0.15, 0.2) is 0 Å². The fourth-order valence-electron chi connectivity index (χ4n) is 1.25. The van der Waals surface area contributed by atoms with Crippen LogP contribution in [-0.4, -0.2) is 38.0 Å². The molecule has 0 bridgehead atoms. The van der Waals surface area contributed by atoms with Gasteiger partial charge in [-0.1, -0.05) is 15.9 Å². The van der Waals surface area contributed by atoms with Crippen molar-refractivity contribution in [3.05, 3.63) is 31.8 Å². The predicted octanol–water partition coefficient (Wildman–Crippen LogP) is 2.77. The number of likely N-dealkylation sites (N-methyl/N-ethyl adjacent to an activating group) is 2. The van der Waals surface area contributed by atoms with Crippen LogP contribution in [0.25, 0.3) is 0 Å². The van der Waals surface area contributed by atoms with Gasteiger partial charge in [0.1, 0.15) is 0 Å². The lowest BCUT2D eigenvalue weighted by molar-refractivity contribution is 0.0796. The molecule has 0 aliphatic carbocycles. The largest absolute Gasteiger partial charge is 0.340 e. The zero-order valence-corrected chi connectivity index (χ0v) is 14.2. The normalized spacial score (nSPS) is 9.65. The molecule has 0 atom stereocenters. The second-order valence-corrected chi connectivity index (χ2v) is 5.53. The van der Waals surface area contributed by atoms with Gasteiger partial charge in [-0.05, 0) is 47.8 Å². The summed E-state index contributed by atoms with van der Waals surface area (Å²) in [6.45, 7) is 1.50. The number of nitrogens with one attached hydrogen (secondary N) is 1. The van der Waals surface area contributed by atoms with Crippen molar-refractivity contribution in [3.63, 3.8) is 0 Å². The van der Waals surface area contributed by atoms with Crippen molar-refractivity contribution in [2.75, 3.05) is 27.2 Å². The van der Waals surface area contributed by atoms with Gasteiger partial charge < -0.3 is 10.2 Å². The minimum absolute atomic E-state index is 0. The van der Waals surface area contributed by atoms with Gasteiger partial charge in [-0.2, -0.15) is 0 Å². The van der Waals surface area contributed by atoms with Crippen molar-refractivity contribution in [2.24, 2.45) is 0 Å². The summed E-state index contributed by atoms with van der Waals surface area (Å²) in [6, 6.07) is 5.73. The van der Waals surface area contributed by atoms with Crippen LogP contribution < -0.4 is 5.32 Å². The predicted molar refractivity (Wildman–Crippen MR) is 85.0 cm³/mol. The topological polar surface area (TPSA) is 32.3 Å². The van der Waals surface area contributed by atoms with Crippen LogP contribution in [0.15, 0.2) is 22.7 Å². The molecule has 0 heterocycles. The Morgan fingerprint density at radius 3 is 2.76 bits per heavy atom. The third-order valence-electron chi connectivity index (χ3n) is 2.20. The maximum Gasteiger partial charge on any atom is 0.254 e. The third-order valence-corrected chi connectivity index (χ3v) is 3.64. The fourth-order valence-corrected chi connectivity index (χ4v) is 2.18. The molecule has 96 valence electrons. The van der Waals surface area contributed by atoms with Gasteiger partial charge in [0.25, 0.3) is 5.91 Å². The molecule has 1 N–H and O–H groups in total. The first kappa shape index (κ1) is 17.2. The Balaban J connectivity index is 0.00000256. The van der Waals surface area contributed by atoms with Gasteiger partial charge in [0.2, 0.25) is 0 Å². The Hall–Kier alpha value is 0.150. The van der Waals surface area contributed by atoms with E-state index >= 15 is 0 Å². The van der Waals surface area contributed by atoms with E-state index in [4.69, 9.17) is 0 Å². The number of hydrogen-bond acceptors (Lipinski definition) is 2. The molecule has 1 aromatic rings. The highest BCUT2D eigenvalue weighted by atomic mass is 127. The molecule has 17 heavy (non-hydrogen) atoms. The zero-order chi connectivity index (χ0) is 12.1. The van der Waals surface area contributed by atoms with E-state index < -0.39 is 0 Å². The third kappa shape index (κ3) is 5.11. The van der Waals surface area contributed by atoms with Crippen LogP contribution >= 0.6 is 50.9 Å². The van der Waals surface area contributed by atoms with Gasteiger partial charge in [-0.25, -0.2) is 0 Å². The monoisotopic (exact) mass is 432 g/mol. The molecule has 0 spiro atoms. The highest BCUT2D eigenvalue weighted by molar-refractivity contribution is 14.1. The van der Waals surface area contributed by atoms with E-state index in [0.717, 1.165) is 20.2 Å². The lowest BCUT2D eigenvalue weighted by Crippen LogP contribution is -2.33. The average Bonchev–Trinajstić information content (AvgIpc) is 2.28. The number of hydrogen-bond donors (Lipinski definition) is 1. The first-order valence-corrected chi connectivity index (χ1v) is 6.78. The summed E-state index contributed by atoms with van der Waals surface area (Å²) >= 11 is 5.56. The molecule has 0 radical (unpaired) electrons. The van der Waals surface area contributed by atoms with E-state index in [2.05, 4.69) is 43.8 Å². The zero-order valence-electron chi connectivity index (χ0n) is 9.67. The lowest BCUT2D eigenvalue weighted by Gasteiger charge is -2.17. The minimum atomic E-state index is 0. The highest BCUT2D eigenvalue weighted by Gasteiger charge is 2.14. The van der Waals surface area contributed by atoms with Gasteiger partial charge in [0.05, 0.1) is 5.56 Å². The van der Waals surface area contributed by atoms with Crippen LogP contribution in [0.3, 0.4) is 0 Å². The van der Waals surface area contributed by atoms with Crippen molar-refractivity contribution in [1.82, 2.24) is 10.2 Å². The van der Waals surface area contributed by atoms with Crippen LogP contribution in [0.2, 0.25) is 0 Å². The van der Waals surface area contributed by atoms with Crippen molar-refractivity contribution in [1.29, 1.82) is 0 Å². The molecule has 3 nitrogen and oxygen atoms in total.